The summed E-state index contributed by atoms with van der Waals surface area (Å²) in [6, 6.07) is 7.35. The van der Waals surface area contributed by atoms with E-state index in [0.717, 1.165) is 24.1 Å². The summed E-state index contributed by atoms with van der Waals surface area (Å²) in [5.41, 5.74) is -0.739. The van der Waals surface area contributed by atoms with E-state index in [-0.39, 0.29) is 30.0 Å². The Morgan fingerprint density at radius 1 is 1.02 bits per heavy atom. The van der Waals surface area contributed by atoms with Crippen LogP contribution in [-0.2, 0) is 23.7 Å². The Morgan fingerprint density at radius 3 is 2.33 bits per heavy atom. The molecule has 2 aliphatic heterocycles. The summed E-state index contributed by atoms with van der Waals surface area (Å²) in [6.07, 6.45) is -6.15. The molecule has 0 bridgehead atoms. The molecule has 1 unspecified atom stereocenters. The number of aliphatic carboxylic acids is 1. The fraction of sp³-hybridized carbons (Fsp3) is 0.552. The zero-order valence-electron chi connectivity index (χ0n) is 22.0. The van der Waals surface area contributed by atoms with Gasteiger partial charge in [0.1, 0.15) is 12.4 Å². The molecular weight excluding hydrogens is 538 g/mol. The molecule has 2 fully saturated rings. The van der Waals surface area contributed by atoms with E-state index in [0.29, 0.717) is 62.4 Å². The van der Waals surface area contributed by atoms with E-state index in [1.807, 2.05) is 18.2 Å². The number of carbonyl (C=O) groups is 1. The quantitative estimate of drug-likeness (QED) is 0.350. The maximum atomic E-state index is 13.5. The monoisotopic (exact) mass is 570 g/mol. The van der Waals surface area contributed by atoms with Gasteiger partial charge in [-0.1, -0.05) is 13.0 Å². The molecule has 2 heterocycles. The lowest BCUT2D eigenvalue weighted by Crippen LogP contribution is -2.44. The summed E-state index contributed by atoms with van der Waals surface area (Å²) in [5, 5.41) is 13.2. The van der Waals surface area contributed by atoms with Crippen LogP contribution in [0.25, 0.3) is 0 Å². The average Bonchev–Trinajstić information content (AvgIpc) is 3.73. The minimum atomic E-state index is -4.74. The number of halogens is 6. The lowest BCUT2D eigenvalue weighted by atomic mass is 9.82. The molecule has 2 aromatic rings. The van der Waals surface area contributed by atoms with E-state index >= 15 is 0 Å². The van der Waals surface area contributed by atoms with E-state index in [1.54, 1.807) is 11.8 Å². The van der Waals surface area contributed by atoms with Crippen molar-refractivity contribution in [2.45, 2.75) is 63.5 Å². The third-order valence-corrected chi connectivity index (χ3v) is 8.54. The van der Waals surface area contributed by atoms with Crippen LogP contribution >= 0.6 is 0 Å². The maximum Gasteiger partial charge on any atom is 0.416 e. The third kappa shape index (κ3) is 6.19. The van der Waals surface area contributed by atoms with Gasteiger partial charge in [-0.2, -0.15) is 26.3 Å². The number of anilines is 1. The van der Waals surface area contributed by atoms with Crippen LogP contribution in [0.1, 0.15) is 60.8 Å². The number of nitrogens with zero attached hydrogens (tertiary/aromatic N) is 1. The van der Waals surface area contributed by atoms with Crippen molar-refractivity contribution < 1.29 is 41.0 Å². The second-order valence-electron chi connectivity index (χ2n) is 11.3. The first-order valence-corrected chi connectivity index (χ1v) is 13.6. The lowest BCUT2D eigenvalue weighted by Gasteiger charge is -2.39. The molecule has 0 radical (unpaired) electrons. The van der Waals surface area contributed by atoms with Crippen LogP contribution in [0.2, 0.25) is 0 Å². The summed E-state index contributed by atoms with van der Waals surface area (Å²) in [4.78, 5) is 13.5. The summed E-state index contributed by atoms with van der Waals surface area (Å²) < 4.78 is 86.1. The number of carboxylic acid groups (broad SMARTS) is 1. The van der Waals surface area contributed by atoms with Crippen LogP contribution in [0.15, 0.2) is 36.4 Å². The number of alkyl halides is 6. The van der Waals surface area contributed by atoms with Gasteiger partial charge in [-0.3, -0.25) is 9.69 Å². The van der Waals surface area contributed by atoms with Crippen LogP contribution in [0.4, 0.5) is 32.0 Å². The molecule has 3 atom stereocenters. The van der Waals surface area contributed by atoms with Crippen LogP contribution in [0, 0.1) is 17.8 Å². The van der Waals surface area contributed by atoms with Crippen LogP contribution in [0.5, 0.6) is 5.75 Å². The lowest BCUT2D eigenvalue weighted by molar-refractivity contribution is -0.142. The van der Waals surface area contributed by atoms with Gasteiger partial charge in [0.25, 0.3) is 0 Å². The van der Waals surface area contributed by atoms with Crippen molar-refractivity contribution >= 4 is 11.7 Å². The molecule has 0 spiro atoms. The first kappa shape index (κ1) is 28.6. The molecule has 3 aliphatic rings. The Bertz CT molecular complexity index is 1240. The number of piperidine rings is 1. The summed E-state index contributed by atoms with van der Waals surface area (Å²) >= 11 is 0. The van der Waals surface area contributed by atoms with Gasteiger partial charge in [0.15, 0.2) is 0 Å². The van der Waals surface area contributed by atoms with Gasteiger partial charge in [-0.25, -0.2) is 0 Å². The Hall–Kier alpha value is -2.95. The molecule has 1 saturated heterocycles. The fourth-order valence-corrected chi connectivity index (χ4v) is 6.18. The second kappa shape index (κ2) is 10.8. The van der Waals surface area contributed by atoms with E-state index in [2.05, 4.69) is 5.32 Å². The number of rotatable bonds is 7. The van der Waals surface area contributed by atoms with E-state index in [1.165, 1.54) is 0 Å². The van der Waals surface area contributed by atoms with Crippen molar-refractivity contribution in [1.82, 2.24) is 4.90 Å². The molecule has 0 aromatic heterocycles. The number of benzene rings is 2. The number of hydrogen-bond acceptors (Lipinski definition) is 4. The minimum absolute atomic E-state index is 0.0412. The van der Waals surface area contributed by atoms with E-state index in [9.17, 15) is 36.2 Å². The molecule has 2 aromatic carbocycles. The minimum Gasteiger partial charge on any atom is -0.489 e. The molecule has 218 valence electrons. The molecule has 11 heteroatoms. The molecule has 5 rings (SSSR count). The van der Waals surface area contributed by atoms with Gasteiger partial charge in [-0.05, 0) is 98.0 Å². The predicted molar refractivity (Wildman–Crippen MR) is 136 cm³/mol. The van der Waals surface area contributed by atoms with Gasteiger partial charge in [0, 0.05) is 6.54 Å². The number of fused-ring (bicyclic) bond motifs is 1. The Balaban J connectivity index is 1.24. The molecule has 2 N–H and O–H groups in total. The molecule has 1 aliphatic carbocycles. The van der Waals surface area contributed by atoms with Crippen LogP contribution in [-0.4, -0.2) is 41.7 Å². The first-order valence-electron chi connectivity index (χ1n) is 13.6. The van der Waals surface area contributed by atoms with Crippen LogP contribution in [0.3, 0.4) is 0 Å². The molecule has 1 saturated carbocycles. The smallest absolute Gasteiger partial charge is 0.416 e. The molecular formula is C29H32F6N2O3. The largest absolute Gasteiger partial charge is 0.489 e. The van der Waals surface area contributed by atoms with Gasteiger partial charge < -0.3 is 15.2 Å². The van der Waals surface area contributed by atoms with Crippen molar-refractivity contribution in [3.63, 3.8) is 0 Å². The maximum absolute atomic E-state index is 13.5. The molecule has 40 heavy (non-hydrogen) atoms. The molecule has 0 amide bonds. The number of nitrogens with one attached hydrogen (secondary N) is 1. The highest BCUT2D eigenvalue weighted by Gasteiger charge is 2.40. The Morgan fingerprint density at radius 2 is 1.73 bits per heavy atom. The van der Waals surface area contributed by atoms with Gasteiger partial charge in [0.05, 0.1) is 28.8 Å². The van der Waals surface area contributed by atoms with Crippen molar-refractivity contribution in [3.05, 3.63) is 58.7 Å². The highest BCUT2D eigenvalue weighted by atomic mass is 19.4. The highest BCUT2D eigenvalue weighted by Crippen LogP contribution is 2.48. The average molecular weight is 571 g/mol. The second-order valence-corrected chi connectivity index (χ2v) is 11.3. The number of hydrogen-bond donors (Lipinski definition) is 2. The number of likely N-dealkylation sites (tertiary alicyclic amines) is 1. The first-order chi connectivity index (χ1) is 18.8. The molecule has 5 nitrogen and oxygen atoms in total. The Kier molecular flexibility index (Phi) is 7.71. The fourth-order valence-electron chi connectivity index (χ4n) is 6.18. The summed E-state index contributed by atoms with van der Waals surface area (Å²) in [7, 11) is 0. The van der Waals surface area contributed by atoms with Crippen LogP contribution < -0.4 is 10.1 Å². The van der Waals surface area contributed by atoms with Crippen molar-refractivity contribution in [3.8, 4) is 5.75 Å². The van der Waals surface area contributed by atoms with E-state index < -0.39 is 35.4 Å². The van der Waals surface area contributed by atoms with Crippen molar-refractivity contribution in [2.75, 3.05) is 25.0 Å². The SMILES string of the molecule is C[C@H](C(=O)O)[C@H](c1ccc2c(c1)NC(C1CCN(Cc3cc(C(F)(F)F)ccc3C(F)(F)F)CC1)CO2)C1CC1. The van der Waals surface area contributed by atoms with Crippen molar-refractivity contribution in [1.29, 1.82) is 0 Å². The topological polar surface area (TPSA) is 61.8 Å². The van der Waals surface area contributed by atoms with Gasteiger partial charge in [-0.15, -0.1) is 0 Å². The van der Waals surface area contributed by atoms with E-state index in [4.69, 9.17) is 4.74 Å². The number of carboxylic acids is 1. The third-order valence-electron chi connectivity index (χ3n) is 8.54. The van der Waals surface area contributed by atoms with Crippen molar-refractivity contribution in [2.24, 2.45) is 17.8 Å². The van der Waals surface area contributed by atoms with Gasteiger partial charge in [0.2, 0.25) is 0 Å². The number of ether oxygens (including phenoxy) is 1. The normalized spacial score (nSPS) is 22.1. The van der Waals surface area contributed by atoms with Gasteiger partial charge >= 0.3 is 18.3 Å². The summed E-state index contributed by atoms with van der Waals surface area (Å²) in [5.74, 6) is -0.206. The highest BCUT2D eigenvalue weighted by molar-refractivity contribution is 5.71. The standard InChI is InChI=1S/C29H32F6N2O3/c1-16(27(38)39)26(18-2-3-18)19-4-7-25-23(13-19)36-24(15-40-25)17-8-10-37(11-9-17)14-20-12-21(28(30,31)32)5-6-22(20)29(33,34)35/h4-7,12-13,16-18,24,26,36H,2-3,8-11,14-15H2,1H3,(H,38,39)/t16-,24?,26-/m0/s1. The summed E-state index contributed by atoms with van der Waals surface area (Å²) in [6.45, 7) is 2.84. The predicted octanol–water partition coefficient (Wildman–Crippen LogP) is 7.02. The zero-order chi connectivity index (χ0) is 28.8. The Labute approximate surface area is 228 Å². The zero-order valence-corrected chi connectivity index (χ0v) is 22.0.